The Balaban J connectivity index is 1.82. The Morgan fingerprint density at radius 2 is 1.86 bits per heavy atom. The van der Waals surface area contributed by atoms with Gasteiger partial charge in [0, 0.05) is 16.7 Å². The van der Waals surface area contributed by atoms with Crippen molar-refractivity contribution in [1.29, 1.82) is 0 Å². The van der Waals surface area contributed by atoms with Gasteiger partial charge in [0.2, 0.25) is 0 Å². The lowest BCUT2D eigenvalue weighted by Gasteiger charge is -2.20. The van der Waals surface area contributed by atoms with Crippen molar-refractivity contribution in [3.8, 4) is 5.75 Å². The molecular formula is C18H16F3N3O3S. The zero-order valence-corrected chi connectivity index (χ0v) is 15.8. The molecular weight excluding hydrogens is 395 g/mol. The number of hydrogen-bond acceptors (Lipinski definition) is 5. The average Bonchev–Trinajstić information content (AvgIpc) is 2.85. The second-order valence-corrected chi connectivity index (χ2v) is 7.13. The van der Waals surface area contributed by atoms with E-state index in [0.717, 1.165) is 4.90 Å². The molecule has 1 aliphatic heterocycles. The summed E-state index contributed by atoms with van der Waals surface area (Å²) in [7, 11) is 1.48. The number of benzene rings is 1. The van der Waals surface area contributed by atoms with Gasteiger partial charge >= 0.3 is 11.5 Å². The third-order valence-electron chi connectivity index (χ3n) is 4.24. The molecule has 28 heavy (non-hydrogen) atoms. The van der Waals surface area contributed by atoms with Crippen LogP contribution in [0, 0.1) is 0 Å². The van der Waals surface area contributed by atoms with E-state index in [1.54, 1.807) is 19.2 Å². The van der Waals surface area contributed by atoms with Gasteiger partial charge in [0.1, 0.15) is 11.8 Å². The molecule has 0 bridgehead atoms. The van der Waals surface area contributed by atoms with Crippen molar-refractivity contribution in [3.63, 3.8) is 0 Å². The summed E-state index contributed by atoms with van der Waals surface area (Å²) in [6.45, 7) is 1.73. The summed E-state index contributed by atoms with van der Waals surface area (Å²) in [5.74, 6) is 0.0381. The minimum Gasteiger partial charge on any atom is -0.495 e. The number of halogens is 3. The molecule has 1 unspecified atom stereocenters. The van der Waals surface area contributed by atoms with Gasteiger partial charge in [-0.05, 0) is 49.0 Å². The van der Waals surface area contributed by atoms with Crippen molar-refractivity contribution in [2.45, 2.75) is 29.9 Å². The topological polar surface area (TPSA) is 62.7 Å². The van der Waals surface area contributed by atoms with Gasteiger partial charge in [0.05, 0.1) is 25.5 Å². The average molecular weight is 411 g/mol. The number of anilines is 1. The van der Waals surface area contributed by atoms with Crippen molar-refractivity contribution < 1.29 is 27.5 Å². The summed E-state index contributed by atoms with van der Waals surface area (Å²) < 4.78 is 42.6. The molecule has 1 aromatic carbocycles. The van der Waals surface area contributed by atoms with Crippen LogP contribution in [0.3, 0.4) is 0 Å². The lowest BCUT2D eigenvalue weighted by atomic mass is 10.2. The highest BCUT2D eigenvalue weighted by Gasteiger charge is 2.43. The predicted molar refractivity (Wildman–Crippen MR) is 97.0 cm³/mol. The highest BCUT2D eigenvalue weighted by Crippen LogP contribution is 2.38. The maximum absolute atomic E-state index is 12.8. The number of rotatable bonds is 5. The molecule has 0 radical (unpaired) electrons. The highest BCUT2D eigenvalue weighted by molar-refractivity contribution is 8.00. The number of pyridine rings is 1. The van der Waals surface area contributed by atoms with Crippen LogP contribution < -0.4 is 9.64 Å². The fourth-order valence-corrected chi connectivity index (χ4v) is 3.39. The molecule has 10 heteroatoms. The van der Waals surface area contributed by atoms with Gasteiger partial charge in [-0.15, -0.1) is 0 Å². The summed E-state index contributed by atoms with van der Waals surface area (Å²) in [5.41, 5.74) is -3.50. The molecule has 0 aliphatic carbocycles. The van der Waals surface area contributed by atoms with Crippen LogP contribution in [0.1, 0.15) is 12.5 Å². The number of methoxy groups -OCH3 is 1. The first-order chi connectivity index (χ1) is 13.2. The summed E-state index contributed by atoms with van der Waals surface area (Å²) in [6.07, 6.45) is 3.07. The van der Waals surface area contributed by atoms with Gasteiger partial charge in [-0.3, -0.25) is 9.78 Å². The zero-order chi connectivity index (χ0) is 20.5. The number of hydrogen-bond donors (Lipinski definition) is 0. The first-order valence-corrected chi connectivity index (χ1v) is 9.00. The van der Waals surface area contributed by atoms with E-state index < -0.39 is 23.5 Å². The molecule has 0 saturated carbocycles. The molecule has 1 aliphatic rings. The maximum atomic E-state index is 12.8. The Labute approximate surface area is 163 Å². The summed E-state index contributed by atoms with van der Waals surface area (Å²) >= 11 is -0.258. The number of aromatic nitrogens is 1. The maximum Gasteiger partial charge on any atom is 0.446 e. The number of amides is 3. The third kappa shape index (κ3) is 4.06. The van der Waals surface area contributed by atoms with Crippen molar-refractivity contribution in [1.82, 2.24) is 9.88 Å². The van der Waals surface area contributed by atoms with Gasteiger partial charge < -0.3 is 9.64 Å². The molecule has 1 atom stereocenters. The summed E-state index contributed by atoms with van der Waals surface area (Å²) in [4.78, 5) is 31.7. The van der Waals surface area contributed by atoms with E-state index in [-0.39, 0.29) is 28.9 Å². The Hall–Kier alpha value is -2.75. The molecule has 1 saturated heterocycles. The van der Waals surface area contributed by atoms with Crippen LogP contribution in [0.4, 0.5) is 23.7 Å². The fourth-order valence-electron chi connectivity index (χ4n) is 2.85. The third-order valence-corrected chi connectivity index (χ3v) is 4.98. The van der Waals surface area contributed by atoms with Gasteiger partial charge in [0.15, 0.2) is 0 Å². The first-order valence-electron chi connectivity index (χ1n) is 8.18. The van der Waals surface area contributed by atoms with Crippen molar-refractivity contribution in [2.75, 3.05) is 12.0 Å². The molecule has 0 N–H and O–H groups in total. The molecule has 6 nitrogen and oxygen atoms in total. The van der Waals surface area contributed by atoms with E-state index in [1.165, 1.54) is 42.5 Å². The molecule has 1 fully saturated rings. The molecule has 1 aromatic heterocycles. The predicted octanol–water partition coefficient (Wildman–Crippen LogP) is 4.06. The van der Waals surface area contributed by atoms with E-state index in [2.05, 4.69) is 4.98 Å². The quantitative estimate of drug-likeness (QED) is 0.549. The molecule has 2 heterocycles. The van der Waals surface area contributed by atoms with Crippen LogP contribution in [0.5, 0.6) is 5.75 Å². The fraction of sp³-hybridized carbons (Fsp3) is 0.278. The smallest absolute Gasteiger partial charge is 0.446 e. The van der Waals surface area contributed by atoms with Crippen LogP contribution in [0.25, 0.3) is 0 Å². The highest BCUT2D eigenvalue weighted by atomic mass is 32.2. The Morgan fingerprint density at radius 1 is 1.18 bits per heavy atom. The molecule has 0 spiro atoms. The van der Waals surface area contributed by atoms with E-state index in [0.29, 0.717) is 11.3 Å². The molecule has 3 amide bonds. The Morgan fingerprint density at radius 3 is 2.46 bits per heavy atom. The number of carbonyl (C=O) groups excluding carboxylic acids is 2. The number of imide groups is 1. The van der Waals surface area contributed by atoms with Crippen LogP contribution in [-0.2, 0) is 11.3 Å². The number of ether oxygens (including phenoxy) is 1. The number of urea groups is 1. The van der Waals surface area contributed by atoms with Crippen molar-refractivity contribution in [2.24, 2.45) is 0 Å². The molecule has 148 valence electrons. The monoisotopic (exact) mass is 411 g/mol. The first kappa shape index (κ1) is 20.0. The summed E-state index contributed by atoms with van der Waals surface area (Å²) in [6, 6.07) is 5.53. The SMILES string of the molecule is COc1cnccc1CN1C(=O)N(c2ccc(SC(F)(F)F)cc2)C(=O)C1C. The van der Waals surface area contributed by atoms with Gasteiger partial charge in [-0.2, -0.15) is 13.2 Å². The number of nitrogens with zero attached hydrogens (tertiary/aromatic N) is 3. The van der Waals surface area contributed by atoms with E-state index >= 15 is 0 Å². The minimum atomic E-state index is -4.41. The second kappa shape index (κ2) is 7.70. The lowest BCUT2D eigenvalue weighted by molar-refractivity contribution is -0.119. The summed E-state index contributed by atoms with van der Waals surface area (Å²) in [5, 5.41) is 0. The van der Waals surface area contributed by atoms with E-state index in [9.17, 15) is 22.8 Å². The molecule has 3 rings (SSSR count). The zero-order valence-electron chi connectivity index (χ0n) is 14.9. The lowest BCUT2D eigenvalue weighted by Crippen LogP contribution is -2.33. The van der Waals surface area contributed by atoms with Crippen molar-refractivity contribution >= 4 is 29.4 Å². The largest absolute Gasteiger partial charge is 0.495 e. The van der Waals surface area contributed by atoms with E-state index in [4.69, 9.17) is 4.74 Å². The van der Waals surface area contributed by atoms with Crippen LogP contribution in [0.15, 0.2) is 47.6 Å². The second-order valence-electron chi connectivity index (χ2n) is 5.99. The van der Waals surface area contributed by atoms with Gasteiger partial charge in [0.25, 0.3) is 5.91 Å². The van der Waals surface area contributed by atoms with Crippen LogP contribution >= 0.6 is 11.8 Å². The van der Waals surface area contributed by atoms with Crippen molar-refractivity contribution in [3.05, 3.63) is 48.3 Å². The number of thioether (sulfide) groups is 1. The standard InChI is InChI=1S/C18H16F3N3O3S/c1-11-16(25)24(13-3-5-14(6-4-13)28-18(19,20)21)17(26)23(11)10-12-7-8-22-9-15(12)27-2/h3-9,11H,10H2,1-2H3. The van der Waals surface area contributed by atoms with E-state index in [1.807, 2.05) is 0 Å². The Bertz CT molecular complexity index is 890. The van der Waals surface area contributed by atoms with Crippen LogP contribution in [-0.4, -0.2) is 40.5 Å². The van der Waals surface area contributed by atoms with Gasteiger partial charge in [-0.1, -0.05) is 0 Å². The molecule has 2 aromatic rings. The van der Waals surface area contributed by atoms with Crippen LogP contribution in [0.2, 0.25) is 0 Å². The normalized spacial score (nSPS) is 17.4. The number of alkyl halides is 3. The minimum absolute atomic E-state index is 0.0261. The Kier molecular flexibility index (Phi) is 5.50. The number of carbonyl (C=O) groups is 2. The van der Waals surface area contributed by atoms with Gasteiger partial charge in [-0.25, -0.2) is 9.69 Å².